The highest BCUT2D eigenvalue weighted by Gasteiger charge is 2.15. The smallest absolute Gasteiger partial charge is 0.261 e. The Hall–Kier alpha value is -2.19. The molecule has 0 aliphatic rings. The van der Waals surface area contributed by atoms with Gasteiger partial charge in [-0.05, 0) is 35.9 Å². The molecule has 0 fully saturated rings. The van der Waals surface area contributed by atoms with Gasteiger partial charge in [0.25, 0.3) is 5.91 Å². The highest BCUT2D eigenvalue weighted by atomic mass is 35.5. The molecule has 6 nitrogen and oxygen atoms in total. The molecule has 4 N–H and O–H groups in total. The molecule has 0 radical (unpaired) electrons. The van der Waals surface area contributed by atoms with Crippen molar-refractivity contribution in [1.82, 2.24) is 15.3 Å². The number of carbonyl (C=O) groups excluding carboxylic acids is 1. The van der Waals surface area contributed by atoms with Crippen molar-refractivity contribution in [3.63, 3.8) is 0 Å². The molecule has 3 aromatic rings. The van der Waals surface area contributed by atoms with Crippen molar-refractivity contribution in [2.45, 2.75) is 6.04 Å². The lowest BCUT2D eigenvalue weighted by molar-refractivity contribution is 0.0955. The molecule has 2 aromatic heterocycles. The van der Waals surface area contributed by atoms with Crippen molar-refractivity contribution in [3.05, 3.63) is 63.1 Å². The monoisotopic (exact) mass is 421 g/mol. The van der Waals surface area contributed by atoms with Crippen LogP contribution in [0.5, 0.6) is 0 Å². The Morgan fingerprint density at radius 1 is 1.26 bits per heavy atom. The van der Waals surface area contributed by atoms with Gasteiger partial charge < -0.3 is 16.4 Å². The van der Waals surface area contributed by atoms with Crippen LogP contribution in [-0.4, -0.2) is 29.5 Å². The van der Waals surface area contributed by atoms with Crippen LogP contribution in [0.1, 0.15) is 21.3 Å². The number of nitrogens with zero attached hydrogens (tertiary/aromatic N) is 2. The number of thiophene rings is 1. The third-order valence-electron chi connectivity index (χ3n) is 3.81. The topological polar surface area (TPSA) is 92.9 Å². The Labute approximate surface area is 170 Å². The van der Waals surface area contributed by atoms with Gasteiger partial charge in [0.05, 0.1) is 15.4 Å². The van der Waals surface area contributed by atoms with Gasteiger partial charge in [-0.15, -0.1) is 11.3 Å². The number of aromatic nitrogens is 2. The minimum absolute atomic E-state index is 0.199. The van der Waals surface area contributed by atoms with Gasteiger partial charge in [-0.25, -0.2) is 9.97 Å². The predicted octanol–water partition coefficient (Wildman–Crippen LogP) is 3.98. The lowest BCUT2D eigenvalue weighted by Gasteiger charge is -2.14. The number of hydrogen-bond donors (Lipinski definition) is 3. The summed E-state index contributed by atoms with van der Waals surface area (Å²) in [4.78, 5) is 22.3. The third kappa shape index (κ3) is 4.75. The second kappa shape index (κ2) is 8.67. The maximum atomic E-state index is 12.4. The van der Waals surface area contributed by atoms with Crippen LogP contribution in [-0.2, 0) is 0 Å². The van der Waals surface area contributed by atoms with Crippen LogP contribution < -0.4 is 16.4 Å². The number of anilines is 1. The van der Waals surface area contributed by atoms with Crippen molar-refractivity contribution in [2.75, 3.05) is 18.9 Å². The maximum Gasteiger partial charge on any atom is 0.261 e. The number of benzene rings is 1. The van der Waals surface area contributed by atoms with Gasteiger partial charge in [0.15, 0.2) is 0 Å². The normalized spacial score (nSPS) is 11.9. The molecule has 3 rings (SSSR count). The molecule has 0 bridgehead atoms. The number of nitrogens with one attached hydrogen (secondary N) is 2. The fraction of sp³-hybridized carbons (Fsp3) is 0.167. The van der Waals surface area contributed by atoms with Crippen LogP contribution in [0.15, 0.2) is 42.6 Å². The molecule has 27 heavy (non-hydrogen) atoms. The number of hydrogen-bond acceptors (Lipinski definition) is 6. The fourth-order valence-electron chi connectivity index (χ4n) is 2.42. The molecule has 0 saturated carbocycles. The lowest BCUT2D eigenvalue weighted by atomic mass is 10.1. The summed E-state index contributed by atoms with van der Waals surface area (Å²) in [5, 5.41) is 6.75. The Bertz CT molecular complexity index is 962. The van der Waals surface area contributed by atoms with E-state index in [9.17, 15) is 4.79 Å². The largest absolute Gasteiger partial charge is 0.357 e. The van der Waals surface area contributed by atoms with E-state index >= 15 is 0 Å². The number of halogens is 2. The molecule has 1 amide bonds. The number of nitrogens with two attached hydrogens (primary N) is 1. The molecule has 1 atom stereocenters. The standard InChI is InChI=1S/C18H17Cl2N5OS/c1-22-18-23-7-6-14(25-18)15-4-5-16(27-15)17(26)24-9-13(21)11-3-2-10(19)8-12(11)20/h2-8,13H,9,21H2,1H3,(H,24,26)(H,22,23,25)/t13-/m1/s1. The van der Waals surface area contributed by atoms with Crippen LogP contribution >= 0.6 is 34.5 Å². The average molecular weight is 422 g/mol. The van der Waals surface area contributed by atoms with Gasteiger partial charge in [0.1, 0.15) is 0 Å². The van der Waals surface area contributed by atoms with Crippen LogP contribution in [0.2, 0.25) is 10.0 Å². The number of rotatable bonds is 6. The van der Waals surface area contributed by atoms with Crippen molar-refractivity contribution in [2.24, 2.45) is 5.73 Å². The van der Waals surface area contributed by atoms with Gasteiger partial charge in [-0.1, -0.05) is 29.3 Å². The molecule has 0 aliphatic heterocycles. The van der Waals surface area contributed by atoms with E-state index in [-0.39, 0.29) is 12.5 Å². The molecule has 1 aromatic carbocycles. The Balaban J connectivity index is 1.65. The SMILES string of the molecule is CNc1nccc(-c2ccc(C(=O)NC[C@@H](N)c3ccc(Cl)cc3Cl)s2)n1. The zero-order valence-electron chi connectivity index (χ0n) is 14.4. The molecule has 0 saturated heterocycles. The highest BCUT2D eigenvalue weighted by Crippen LogP contribution is 2.27. The van der Waals surface area contributed by atoms with Crippen LogP contribution in [0.25, 0.3) is 10.6 Å². The molecule has 140 valence electrons. The molecular formula is C18H17Cl2N5OS. The van der Waals surface area contributed by atoms with Crippen molar-refractivity contribution < 1.29 is 4.79 Å². The van der Waals surface area contributed by atoms with E-state index in [2.05, 4.69) is 20.6 Å². The van der Waals surface area contributed by atoms with E-state index in [1.807, 2.05) is 6.07 Å². The second-order valence-corrected chi connectivity index (χ2v) is 7.59. The minimum Gasteiger partial charge on any atom is -0.357 e. The van der Waals surface area contributed by atoms with E-state index in [0.29, 0.717) is 20.9 Å². The quantitative estimate of drug-likeness (QED) is 0.559. The fourth-order valence-corrected chi connectivity index (χ4v) is 3.86. The maximum absolute atomic E-state index is 12.4. The zero-order valence-corrected chi connectivity index (χ0v) is 16.7. The summed E-state index contributed by atoms with van der Waals surface area (Å²) in [5.41, 5.74) is 7.62. The molecule has 0 spiro atoms. The third-order valence-corrected chi connectivity index (χ3v) is 5.47. The van der Waals surface area contributed by atoms with Crippen molar-refractivity contribution >= 4 is 46.4 Å². The van der Waals surface area contributed by atoms with E-state index in [4.69, 9.17) is 28.9 Å². The number of carbonyl (C=O) groups is 1. The summed E-state index contributed by atoms with van der Waals surface area (Å²) in [5.74, 6) is 0.326. The molecule has 0 aliphatic carbocycles. The first-order valence-electron chi connectivity index (χ1n) is 8.07. The first-order valence-corrected chi connectivity index (χ1v) is 9.65. The van der Waals surface area contributed by atoms with Gasteiger partial charge in [-0.2, -0.15) is 0 Å². The summed E-state index contributed by atoms with van der Waals surface area (Å²) in [7, 11) is 1.75. The van der Waals surface area contributed by atoms with Gasteiger partial charge in [0, 0.05) is 35.9 Å². The summed E-state index contributed by atoms with van der Waals surface area (Å²) in [6.45, 7) is 0.255. The lowest BCUT2D eigenvalue weighted by Crippen LogP contribution is -2.31. The van der Waals surface area contributed by atoms with Crippen LogP contribution in [0.3, 0.4) is 0 Å². The van der Waals surface area contributed by atoms with Crippen molar-refractivity contribution in [3.8, 4) is 10.6 Å². The summed E-state index contributed by atoms with van der Waals surface area (Å²) in [6.07, 6.45) is 1.67. The van der Waals surface area contributed by atoms with Crippen LogP contribution in [0.4, 0.5) is 5.95 Å². The second-order valence-electron chi connectivity index (χ2n) is 5.66. The molecular weight excluding hydrogens is 405 g/mol. The molecule has 0 unspecified atom stereocenters. The molecule has 9 heteroatoms. The van der Waals surface area contributed by atoms with E-state index in [0.717, 1.165) is 16.1 Å². The Kier molecular flexibility index (Phi) is 6.28. The zero-order chi connectivity index (χ0) is 19.4. The van der Waals surface area contributed by atoms with Gasteiger partial charge in [-0.3, -0.25) is 4.79 Å². The van der Waals surface area contributed by atoms with E-state index in [1.54, 1.807) is 43.6 Å². The van der Waals surface area contributed by atoms with Crippen LogP contribution in [0, 0.1) is 0 Å². The summed E-state index contributed by atoms with van der Waals surface area (Å²) < 4.78 is 0. The summed E-state index contributed by atoms with van der Waals surface area (Å²) in [6, 6.07) is 10.1. The Morgan fingerprint density at radius 2 is 2.07 bits per heavy atom. The summed E-state index contributed by atoms with van der Waals surface area (Å²) >= 11 is 13.4. The number of amides is 1. The van der Waals surface area contributed by atoms with E-state index in [1.165, 1.54) is 11.3 Å². The predicted molar refractivity (Wildman–Crippen MR) is 111 cm³/mol. The first kappa shape index (κ1) is 19.6. The minimum atomic E-state index is -0.432. The highest BCUT2D eigenvalue weighted by molar-refractivity contribution is 7.17. The first-order chi connectivity index (χ1) is 13.0. The van der Waals surface area contributed by atoms with Crippen molar-refractivity contribution in [1.29, 1.82) is 0 Å². The Morgan fingerprint density at radius 3 is 2.81 bits per heavy atom. The molecule has 2 heterocycles. The van der Waals surface area contributed by atoms with E-state index < -0.39 is 6.04 Å². The average Bonchev–Trinajstić information content (AvgIpc) is 3.16. The van der Waals surface area contributed by atoms with Gasteiger partial charge in [0.2, 0.25) is 5.95 Å². The van der Waals surface area contributed by atoms with Gasteiger partial charge >= 0.3 is 0 Å².